The predicted octanol–water partition coefficient (Wildman–Crippen LogP) is 12.8. The van der Waals surface area contributed by atoms with Crippen LogP contribution in [0, 0.1) is 0 Å². The molecule has 0 radical (unpaired) electrons. The van der Waals surface area contributed by atoms with Crippen molar-refractivity contribution in [2.24, 2.45) is 4.99 Å². The number of hydrogen-bond acceptors (Lipinski definition) is 6. The van der Waals surface area contributed by atoms with E-state index in [1.807, 2.05) is 122 Å². The molecule has 0 bridgehead atoms. The summed E-state index contributed by atoms with van der Waals surface area (Å²) in [6, 6.07) is 53.5. The minimum absolute atomic E-state index is 0.569. The highest BCUT2D eigenvalue weighted by atomic mass is 16.3. The summed E-state index contributed by atoms with van der Waals surface area (Å²) >= 11 is 0. The summed E-state index contributed by atoms with van der Waals surface area (Å²) in [7, 11) is 0. The van der Waals surface area contributed by atoms with Crippen LogP contribution in [0.3, 0.4) is 0 Å². The molecule has 3 heterocycles. The molecule has 0 unspecified atom stereocenters. The van der Waals surface area contributed by atoms with Crippen molar-refractivity contribution in [1.82, 2.24) is 19.9 Å². The molecule has 0 amide bonds. The monoisotopic (exact) mass is 721 g/mol. The fourth-order valence-corrected chi connectivity index (χ4v) is 7.04. The van der Waals surface area contributed by atoms with Gasteiger partial charge in [-0.2, -0.15) is 0 Å². The van der Waals surface area contributed by atoms with Crippen molar-refractivity contribution < 1.29 is 4.42 Å². The maximum Gasteiger partial charge on any atom is 0.164 e. The molecule has 9 aromatic rings. The highest BCUT2D eigenvalue weighted by Crippen LogP contribution is 2.43. The molecule has 0 fully saturated rings. The second-order valence-electron chi connectivity index (χ2n) is 13.3. The molecule has 0 aliphatic heterocycles. The van der Waals surface area contributed by atoms with Crippen LogP contribution in [0.5, 0.6) is 0 Å². The summed E-state index contributed by atoms with van der Waals surface area (Å²) in [5.74, 6) is 1.77. The van der Waals surface area contributed by atoms with Crippen molar-refractivity contribution in [3.63, 3.8) is 0 Å². The van der Waals surface area contributed by atoms with Crippen LogP contribution in [0.25, 0.3) is 95.3 Å². The SMILES string of the molecule is C=N/C(=C\C=C/C)c1ccc(-c2cc(-c3ccc(-c4ccccn4)cc3)c3oc4cccc(-c5nc(-c6ccccc6)nc(-c6ccccc6)n5)c4c3c2)cc1. The van der Waals surface area contributed by atoms with E-state index in [2.05, 4.69) is 83.4 Å². The Morgan fingerprint density at radius 3 is 1.86 bits per heavy atom. The molecule has 0 N–H and O–H groups in total. The Kier molecular flexibility index (Phi) is 9.19. The maximum absolute atomic E-state index is 6.82. The van der Waals surface area contributed by atoms with E-state index >= 15 is 0 Å². The van der Waals surface area contributed by atoms with Gasteiger partial charge in [0.15, 0.2) is 17.5 Å². The quantitative estimate of drug-likeness (QED) is 0.110. The Morgan fingerprint density at radius 2 is 1.21 bits per heavy atom. The van der Waals surface area contributed by atoms with Crippen LogP contribution in [0.2, 0.25) is 0 Å². The first-order valence-electron chi connectivity index (χ1n) is 18.5. The zero-order valence-corrected chi connectivity index (χ0v) is 30.7. The Labute approximate surface area is 325 Å². The molecule has 6 heteroatoms. The third kappa shape index (κ3) is 6.61. The number of hydrogen-bond donors (Lipinski definition) is 0. The summed E-state index contributed by atoms with van der Waals surface area (Å²) in [4.78, 5) is 24.0. The van der Waals surface area contributed by atoms with Crippen LogP contribution in [-0.2, 0) is 0 Å². The highest BCUT2D eigenvalue weighted by Gasteiger charge is 2.21. The Bertz CT molecular complexity index is 2840. The van der Waals surface area contributed by atoms with Gasteiger partial charge in [0, 0.05) is 50.4 Å². The number of benzene rings is 6. The Balaban J connectivity index is 1.27. The van der Waals surface area contributed by atoms with Crippen LogP contribution in [-0.4, -0.2) is 26.7 Å². The number of rotatable bonds is 9. The van der Waals surface area contributed by atoms with E-state index in [1.54, 1.807) is 0 Å². The number of aliphatic imine (C=N–C) groups is 1. The fourth-order valence-electron chi connectivity index (χ4n) is 7.04. The third-order valence-electron chi connectivity index (χ3n) is 9.82. The lowest BCUT2D eigenvalue weighted by molar-refractivity contribution is 0.670. The maximum atomic E-state index is 6.82. The number of aromatic nitrogens is 4. The minimum atomic E-state index is 0.569. The lowest BCUT2D eigenvalue weighted by atomic mass is 9.93. The molecule has 0 saturated carbocycles. The Morgan fingerprint density at radius 1 is 0.571 bits per heavy atom. The zero-order valence-electron chi connectivity index (χ0n) is 30.7. The van der Waals surface area contributed by atoms with E-state index in [9.17, 15) is 0 Å². The van der Waals surface area contributed by atoms with Gasteiger partial charge in [0.1, 0.15) is 11.2 Å². The van der Waals surface area contributed by atoms with Crippen LogP contribution in [0.4, 0.5) is 0 Å². The van der Waals surface area contributed by atoms with E-state index < -0.39 is 0 Å². The van der Waals surface area contributed by atoms with Crippen molar-refractivity contribution in [3.8, 4) is 67.7 Å². The summed E-state index contributed by atoms with van der Waals surface area (Å²) in [6.07, 6.45) is 7.73. The number of fused-ring (bicyclic) bond motifs is 3. The molecule has 0 atom stereocenters. The van der Waals surface area contributed by atoms with E-state index in [4.69, 9.17) is 19.4 Å². The van der Waals surface area contributed by atoms with Gasteiger partial charge in [-0.25, -0.2) is 15.0 Å². The van der Waals surface area contributed by atoms with Crippen molar-refractivity contribution in [2.75, 3.05) is 0 Å². The number of furan rings is 1. The molecule has 0 aliphatic carbocycles. The molecule has 9 rings (SSSR count). The van der Waals surface area contributed by atoms with Gasteiger partial charge in [0.25, 0.3) is 0 Å². The minimum Gasteiger partial charge on any atom is -0.455 e. The van der Waals surface area contributed by atoms with Crippen molar-refractivity contribution >= 4 is 34.4 Å². The summed E-state index contributed by atoms with van der Waals surface area (Å²) in [5.41, 5.74) is 12.1. The van der Waals surface area contributed by atoms with Gasteiger partial charge < -0.3 is 4.42 Å². The largest absolute Gasteiger partial charge is 0.455 e. The molecule has 0 aliphatic rings. The van der Waals surface area contributed by atoms with E-state index in [-0.39, 0.29) is 0 Å². The van der Waals surface area contributed by atoms with Crippen LogP contribution in [0.1, 0.15) is 12.5 Å². The number of nitrogens with zero attached hydrogens (tertiary/aromatic N) is 5. The van der Waals surface area contributed by atoms with Crippen molar-refractivity contribution in [2.45, 2.75) is 6.92 Å². The van der Waals surface area contributed by atoms with Gasteiger partial charge in [-0.15, -0.1) is 0 Å². The summed E-state index contributed by atoms with van der Waals surface area (Å²) in [6.45, 7) is 5.78. The third-order valence-corrected chi connectivity index (χ3v) is 9.82. The van der Waals surface area contributed by atoms with Crippen molar-refractivity contribution in [3.05, 3.63) is 188 Å². The first kappa shape index (κ1) is 34.2. The second-order valence-corrected chi connectivity index (χ2v) is 13.3. The topological polar surface area (TPSA) is 77.1 Å². The van der Waals surface area contributed by atoms with Gasteiger partial charge in [0.2, 0.25) is 0 Å². The summed E-state index contributed by atoms with van der Waals surface area (Å²) < 4.78 is 6.82. The van der Waals surface area contributed by atoms with Crippen molar-refractivity contribution in [1.29, 1.82) is 0 Å². The molecule has 6 nitrogen and oxygen atoms in total. The molecular weight excluding hydrogens is 687 g/mol. The van der Waals surface area contributed by atoms with Gasteiger partial charge in [-0.1, -0.05) is 140 Å². The van der Waals surface area contributed by atoms with Gasteiger partial charge >= 0.3 is 0 Å². The lowest BCUT2D eigenvalue weighted by Gasteiger charge is -2.11. The average molecular weight is 722 g/mol. The van der Waals surface area contributed by atoms with Crippen LogP contribution >= 0.6 is 0 Å². The first-order valence-corrected chi connectivity index (χ1v) is 18.5. The van der Waals surface area contributed by atoms with E-state index in [1.165, 1.54) is 0 Å². The van der Waals surface area contributed by atoms with E-state index in [0.29, 0.717) is 17.5 Å². The number of pyridine rings is 1. The average Bonchev–Trinajstić information content (AvgIpc) is 3.66. The van der Waals surface area contributed by atoms with Gasteiger partial charge in [0.05, 0.1) is 11.4 Å². The van der Waals surface area contributed by atoms with E-state index in [0.717, 1.165) is 83.4 Å². The normalized spacial score (nSPS) is 11.8. The fraction of sp³-hybridized carbons (Fsp3) is 0.0200. The molecule has 0 spiro atoms. The highest BCUT2D eigenvalue weighted by molar-refractivity contribution is 6.16. The van der Waals surface area contributed by atoms with Crippen LogP contribution in [0.15, 0.2) is 192 Å². The predicted molar refractivity (Wildman–Crippen MR) is 230 cm³/mol. The zero-order chi connectivity index (χ0) is 37.8. The van der Waals surface area contributed by atoms with Gasteiger partial charge in [-0.05, 0) is 66.7 Å². The lowest BCUT2D eigenvalue weighted by Crippen LogP contribution is -2.00. The second kappa shape index (κ2) is 15.0. The molecule has 6 aromatic carbocycles. The molecular formula is C50H35N5O. The number of allylic oxidation sites excluding steroid dienone is 3. The van der Waals surface area contributed by atoms with Crippen LogP contribution < -0.4 is 0 Å². The molecule has 266 valence electrons. The smallest absolute Gasteiger partial charge is 0.164 e. The molecule has 56 heavy (non-hydrogen) atoms. The first-order chi connectivity index (χ1) is 27.7. The standard InChI is InChI=1S/C50H35N5O/c1-3-4-19-43(51-2)35-26-22-33(23-27-35)39-31-41(34-24-28-36(29-25-34)44-20-11-12-30-52-44)47-42(32-39)46-40(18-13-21-45(46)56-47)50-54-48(37-14-7-5-8-15-37)53-49(55-50)38-16-9-6-10-17-38/h3-32H,2H2,1H3/b4-3-,43-19-. The summed E-state index contributed by atoms with van der Waals surface area (Å²) in [5, 5.41) is 1.90. The van der Waals surface area contributed by atoms with Gasteiger partial charge in [-0.3, -0.25) is 9.98 Å². The molecule has 3 aromatic heterocycles. The Hall–Kier alpha value is -7.57. The molecule has 0 saturated heterocycles.